The number of carbonyl (C=O) groups excluding carboxylic acids is 2. The Morgan fingerprint density at radius 2 is 1.33 bits per heavy atom. The molecule has 0 spiro atoms. The Bertz CT molecular complexity index is 1530. The van der Waals surface area contributed by atoms with Gasteiger partial charge in [-0.15, -0.1) is 0 Å². The highest BCUT2D eigenvalue weighted by molar-refractivity contribution is 5.73. The molecule has 2 fully saturated rings. The van der Waals surface area contributed by atoms with E-state index in [2.05, 4.69) is 5.32 Å². The van der Waals surface area contributed by atoms with Crippen LogP contribution in [0.15, 0.2) is 91.0 Å². The van der Waals surface area contributed by atoms with Gasteiger partial charge in [0.05, 0.1) is 51.2 Å². The van der Waals surface area contributed by atoms with Crippen molar-refractivity contribution in [3.8, 4) is 0 Å². The molecule has 2 saturated heterocycles. The third-order valence-corrected chi connectivity index (χ3v) is 9.32. The summed E-state index contributed by atoms with van der Waals surface area (Å²) < 4.78 is 38.4. The highest BCUT2D eigenvalue weighted by Gasteiger charge is 2.49. The number of hydrogen-bond acceptors (Lipinski definition) is 8. The fraction of sp³-hybridized carbons (Fsp3) is 0.524. The van der Waals surface area contributed by atoms with Crippen LogP contribution in [0, 0.1) is 0 Å². The summed E-state index contributed by atoms with van der Waals surface area (Å²) in [4.78, 5) is 27.8. The van der Waals surface area contributed by atoms with Crippen LogP contribution in [0.4, 0.5) is 4.79 Å². The summed E-state index contributed by atoms with van der Waals surface area (Å²) in [6.45, 7) is 12.6. The summed E-state index contributed by atoms with van der Waals surface area (Å²) in [5.41, 5.74) is 1.65. The molecular weight excluding hydrogens is 660 g/mol. The Labute approximate surface area is 309 Å². The monoisotopic (exact) mass is 716 g/mol. The largest absolute Gasteiger partial charge is 0.444 e. The number of carbonyl (C=O) groups is 2. The molecular formula is C42H56N2O8. The summed E-state index contributed by atoms with van der Waals surface area (Å²) in [5.74, 6) is -0.186. The Morgan fingerprint density at radius 1 is 0.788 bits per heavy atom. The topological polar surface area (TPSA) is 105 Å². The molecule has 0 aliphatic carbocycles. The molecule has 10 nitrogen and oxygen atoms in total. The summed E-state index contributed by atoms with van der Waals surface area (Å²) in [6.07, 6.45) is -0.462. The van der Waals surface area contributed by atoms with Crippen molar-refractivity contribution in [1.29, 1.82) is 0 Å². The second-order valence-corrected chi connectivity index (χ2v) is 15.2. The normalized spacial score (nSPS) is 24.4. The molecule has 52 heavy (non-hydrogen) atoms. The number of ether oxygens (including phenoxy) is 6. The second kappa shape index (κ2) is 18.3. The van der Waals surface area contributed by atoms with Crippen LogP contribution in [0.5, 0.6) is 0 Å². The van der Waals surface area contributed by atoms with Crippen LogP contribution in [0.25, 0.3) is 0 Å². The van der Waals surface area contributed by atoms with Crippen molar-refractivity contribution in [2.24, 2.45) is 0 Å². The molecule has 2 aliphatic heterocycles. The minimum atomic E-state index is -0.798. The minimum absolute atomic E-state index is 0.176. The van der Waals surface area contributed by atoms with Crippen molar-refractivity contribution in [1.82, 2.24) is 10.2 Å². The molecule has 282 valence electrons. The zero-order chi connectivity index (χ0) is 37.1. The van der Waals surface area contributed by atoms with E-state index >= 15 is 0 Å². The second-order valence-electron chi connectivity index (χ2n) is 15.2. The lowest BCUT2D eigenvalue weighted by Crippen LogP contribution is -2.65. The lowest BCUT2D eigenvalue weighted by molar-refractivity contribution is -0.233. The lowest BCUT2D eigenvalue weighted by Gasteiger charge is -2.47. The summed E-state index contributed by atoms with van der Waals surface area (Å²) in [7, 11) is 0. The molecule has 0 saturated carbocycles. The first-order valence-electron chi connectivity index (χ1n) is 18.4. The van der Waals surface area contributed by atoms with Gasteiger partial charge in [0.1, 0.15) is 29.6 Å². The van der Waals surface area contributed by atoms with Gasteiger partial charge in [-0.2, -0.15) is 0 Å². The van der Waals surface area contributed by atoms with Crippen molar-refractivity contribution < 1.29 is 38.0 Å². The quantitative estimate of drug-likeness (QED) is 0.176. The van der Waals surface area contributed by atoms with Crippen LogP contribution in [-0.4, -0.2) is 77.9 Å². The van der Waals surface area contributed by atoms with Gasteiger partial charge >= 0.3 is 6.09 Å². The predicted octanol–water partition coefficient (Wildman–Crippen LogP) is 7.19. The van der Waals surface area contributed by atoms with Crippen LogP contribution < -0.4 is 5.32 Å². The summed E-state index contributed by atoms with van der Waals surface area (Å²) in [5, 5.41) is 3.17. The van der Waals surface area contributed by atoms with E-state index in [0.717, 1.165) is 16.7 Å². The molecule has 6 atom stereocenters. The standard InChI is InChI=1S/C42H56N2O8/c1-30(45)43-37-35(24-16-23-34-28-50-42(5,6)44(34)40(46)52-41(2,3)4)51-36(29-47-25-31-17-10-7-11-18-31)38(48-26-32-19-12-8-13-20-32)39(37)49-27-33-21-14-9-15-22-33/h7-15,17-22,34-39H,16,23-29H2,1-6H3,(H,43,45)/t34-,35-,36+,37-,38-,39+/m0/s1. The lowest BCUT2D eigenvalue weighted by atomic mass is 9.89. The number of benzene rings is 3. The van der Waals surface area contributed by atoms with Crippen LogP contribution in [0.3, 0.4) is 0 Å². The van der Waals surface area contributed by atoms with E-state index in [-0.39, 0.29) is 18.6 Å². The molecule has 0 unspecified atom stereocenters. The Hall–Kier alpha value is -3.80. The third kappa shape index (κ3) is 11.3. The van der Waals surface area contributed by atoms with E-state index in [0.29, 0.717) is 45.7 Å². The minimum Gasteiger partial charge on any atom is -0.444 e. The molecule has 2 amide bonds. The van der Waals surface area contributed by atoms with E-state index in [1.54, 1.807) is 4.90 Å². The summed E-state index contributed by atoms with van der Waals surface area (Å²) >= 11 is 0. The first kappa shape index (κ1) is 39.4. The maximum Gasteiger partial charge on any atom is 0.412 e. The molecule has 0 radical (unpaired) electrons. The van der Waals surface area contributed by atoms with Crippen LogP contribution in [-0.2, 0) is 53.0 Å². The van der Waals surface area contributed by atoms with Crippen molar-refractivity contribution in [2.45, 2.75) is 128 Å². The molecule has 3 aromatic rings. The highest BCUT2D eigenvalue weighted by atomic mass is 16.6. The number of nitrogens with one attached hydrogen (secondary N) is 1. The van der Waals surface area contributed by atoms with Gasteiger partial charge in [-0.05, 0) is 70.6 Å². The van der Waals surface area contributed by atoms with Crippen molar-refractivity contribution >= 4 is 12.0 Å². The van der Waals surface area contributed by atoms with Crippen LogP contribution >= 0.6 is 0 Å². The zero-order valence-electron chi connectivity index (χ0n) is 31.5. The van der Waals surface area contributed by atoms with Gasteiger partial charge in [0, 0.05) is 6.92 Å². The smallest absolute Gasteiger partial charge is 0.412 e. The average molecular weight is 717 g/mol. The van der Waals surface area contributed by atoms with Crippen molar-refractivity contribution in [3.63, 3.8) is 0 Å². The first-order chi connectivity index (χ1) is 24.9. The SMILES string of the molecule is CC(=O)N[C@@H]1[C@@H](OCc2ccccc2)[C@@H](OCc2ccccc2)[C@@H](COCc2ccccc2)O[C@H]1CCC[C@H]1COC(C)(C)N1C(=O)OC(C)(C)C. The third-order valence-electron chi connectivity index (χ3n) is 9.32. The van der Waals surface area contributed by atoms with E-state index < -0.39 is 47.9 Å². The van der Waals surface area contributed by atoms with Crippen LogP contribution in [0.2, 0.25) is 0 Å². The first-order valence-corrected chi connectivity index (χ1v) is 18.4. The van der Waals surface area contributed by atoms with Gasteiger partial charge in [-0.1, -0.05) is 91.0 Å². The van der Waals surface area contributed by atoms with Gasteiger partial charge in [0.25, 0.3) is 0 Å². The Kier molecular flexibility index (Phi) is 13.9. The maximum absolute atomic E-state index is 13.3. The van der Waals surface area contributed by atoms with E-state index in [4.69, 9.17) is 28.4 Å². The zero-order valence-corrected chi connectivity index (χ0v) is 31.5. The van der Waals surface area contributed by atoms with Gasteiger partial charge in [-0.3, -0.25) is 9.69 Å². The fourth-order valence-corrected chi connectivity index (χ4v) is 6.94. The van der Waals surface area contributed by atoms with Crippen LogP contribution in [0.1, 0.15) is 77.5 Å². The molecule has 2 heterocycles. The predicted molar refractivity (Wildman–Crippen MR) is 198 cm³/mol. The molecule has 0 aromatic heterocycles. The van der Waals surface area contributed by atoms with Crippen molar-refractivity contribution in [3.05, 3.63) is 108 Å². The van der Waals surface area contributed by atoms with Crippen molar-refractivity contribution in [2.75, 3.05) is 13.2 Å². The maximum atomic E-state index is 13.3. The number of nitrogens with zero attached hydrogens (tertiary/aromatic N) is 1. The number of amides is 2. The molecule has 5 rings (SSSR count). The molecule has 0 bridgehead atoms. The average Bonchev–Trinajstić information content (AvgIpc) is 3.41. The number of rotatable bonds is 15. The fourth-order valence-electron chi connectivity index (χ4n) is 6.94. The summed E-state index contributed by atoms with van der Waals surface area (Å²) in [6, 6.07) is 29.3. The molecule has 2 aliphatic rings. The number of hydrogen-bond donors (Lipinski definition) is 1. The Balaban J connectivity index is 1.38. The molecule has 3 aromatic carbocycles. The van der Waals surface area contributed by atoms with E-state index in [1.165, 1.54) is 6.92 Å². The van der Waals surface area contributed by atoms with Gasteiger partial charge in [0.15, 0.2) is 0 Å². The van der Waals surface area contributed by atoms with E-state index in [9.17, 15) is 9.59 Å². The van der Waals surface area contributed by atoms with Gasteiger partial charge in [-0.25, -0.2) is 4.79 Å². The Morgan fingerprint density at radius 3 is 1.87 bits per heavy atom. The molecule has 1 N–H and O–H groups in total. The molecule has 10 heteroatoms. The highest BCUT2D eigenvalue weighted by Crippen LogP contribution is 2.34. The van der Waals surface area contributed by atoms with Gasteiger partial charge in [0.2, 0.25) is 5.91 Å². The van der Waals surface area contributed by atoms with Gasteiger partial charge < -0.3 is 33.7 Å². The van der Waals surface area contributed by atoms with E-state index in [1.807, 2.05) is 126 Å².